The van der Waals surface area contributed by atoms with Crippen LogP contribution in [0.25, 0.3) is 0 Å². The molecule has 24 heavy (non-hydrogen) atoms. The number of thioether (sulfide) groups is 1. The minimum absolute atomic E-state index is 0.00954. The van der Waals surface area contributed by atoms with Crippen LogP contribution in [0.2, 0.25) is 0 Å². The van der Waals surface area contributed by atoms with E-state index < -0.39 is 5.97 Å². The first-order valence-electron chi connectivity index (χ1n) is 7.52. The van der Waals surface area contributed by atoms with Gasteiger partial charge in [-0.1, -0.05) is 12.1 Å². The van der Waals surface area contributed by atoms with Crippen molar-refractivity contribution in [2.75, 3.05) is 24.6 Å². The molecule has 1 aliphatic heterocycles. The Morgan fingerprint density at radius 1 is 1.12 bits per heavy atom. The Morgan fingerprint density at radius 2 is 1.75 bits per heavy atom. The Morgan fingerprint density at radius 3 is 2.33 bits per heavy atom. The molecule has 0 spiro atoms. The highest BCUT2D eigenvalue weighted by atomic mass is 32.2. The zero-order valence-corrected chi connectivity index (χ0v) is 13.8. The third-order valence-electron chi connectivity index (χ3n) is 3.46. The van der Waals surface area contributed by atoms with E-state index in [2.05, 4.69) is 5.32 Å². The fourth-order valence-corrected chi connectivity index (χ4v) is 2.92. The van der Waals surface area contributed by atoms with E-state index in [1.165, 1.54) is 16.7 Å². The van der Waals surface area contributed by atoms with Crippen molar-refractivity contribution in [3.05, 3.63) is 35.4 Å². The van der Waals surface area contributed by atoms with Gasteiger partial charge in [-0.3, -0.25) is 24.1 Å². The summed E-state index contributed by atoms with van der Waals surface area (Å²) < 4.78 is 0. The highest BCUT2D eigenvalue weighted by molar-refractivity contribution is 7.99. The molecule has 8 heteroatoms. The number of aliphatic carboxylic acids is 1. The van der Waals surface area contributed by atoms with Gasteiger partial charge in [0.25, 0.3) is 11.8 Å². The van der Waals surface area contributed by atoms with E-state index in [0.29, 0.717) is 29.8 Å². The molecule has 128 valence electrons. The number of carboxylic acids is 1. The Balaban J connectivity index is 1.68. The number of carboxylic acid groups (broad SMARTS) is 1. The van der Waals surface area contributed by atoms with Crippen molar-refractivity contribution in [2.24, 2.45) is 0 Å². The average Bonchev–Trinajstić information content (AvgIpc) is 2.79. The van der Waals surface area contributed by atoms with Crippen LogP contribution in [-0.4, -0.2) is 58.3 Å². The topological polar surface area (TPSA) is 104 Å². The van der Waals surface area contributed by atoms with Crippen LogP contribution in [0.15, 0.2) is 24.3 Å². The average molecular weight is 350 g/mol. The number of carbonyl (C=O) groups is 4. The van der Waals surface area contributed by atoms with Crippen LogP contribution in [0.3, 0.4) is 0 Å². The van der Waals surface area contributed by atoms with Crippen LogP contribution in [0.1, 0.15) is 33.6 Å². The van der Waals surface area contributed by atoms with Crippen LogP contribution >= 0.6 is 11.8 Å². The molecule has 0 bridgehead atoms. The predicted molar refractivity (Wildman–Crippen MR) is 89.0 cm³/mol. The quantitative estimate of drug-likeness (QED) is 0.509. The van der Waals surface area contributed by atoms with E-state index in [1.807, 2.05) is 0 Å². The Kier molecular flexibility index (Phi) is 6.36. The minimum Gasteiger partial charge on any atom is -0.481 e. The molecule has 0 atom stereocenters. The number of hydrogen-bond donors (Lipinski definition) is 2. The molecule has 0 radical (unpaired) electrons. The number of carbonyl (C=O) groups excluding carboxylic acids is 3. The lowest BCUT2D eigenvalue weighted by atomic mass is 10.1. The number of imide groups is 1. The van der Waals surface area contributed by atoms with Gasteiger partial charge in [0, 0.05) is 25.3 Å². The SMILES string of the molecule is O=C(O)CSCCNC(=O)CCCN1C(=O)c2ccccc2C1=O. The summed E-state index contributed by atoms with van der Waals surface area (Å²) in [6, 6.07) is 6.67. The lowest BCUT2D eigenvalue weighted by Gasteiger charge is -2.13. The molecule has 0 saturated carbocycles. The van der Waals surface area contributed by atoms with Crippen LogP contribution in [-0.2, 0) is 9.59 Å². The van der Waals surface area contributed by atoms with Crippen LogP contribution in [0, 0.1) is 0 Å². The van der Waals surface area contributed by atoms with Crippen molar-refractivity contribution in [1.29, 1.82) is 0 Å². The molecule has 1 aromatic carbocycles. The normalized spacial score (nSPS) is 13.1. The molecule has 2 N–H and O–H groups in total. The van der Waals surface area contributed by atoms with Gasteiger partial charge >= 0.3 is 5.97 Å². The monoisotopic (exact) mass is 350 g/mol. The third-order valence-corrected chi connectivity index (χ3v) is 4.40. The fourth-order valence-electron chi connectivity index (χ4n) is 2.35. The second-order valence-electron chi connectivity index (χ2n) is 5.21. The highest BCUT2D eigenvalue weighted by Crippen LogP contribution is 2.22. The van der Waals surface area contributed by atoms with E-state index in [1.54, 1.807) is 24.3 Å². The van der Waals surface area contributed by atoms with E-state index >= 15 is 0 Å². The maximum absolute atomic E-state index is 12.1. The van der Waals surface area contributed by atoms with Crippen molar-refractivity contribution in [3.8, 4) is 0 Å². The van der Waals surface area contributed by atoms with E-state index in [9.17, 15) is 19.2 Å². The molecule has 3 amide bonds. The molecule has 2 rings (SSSR count). The van der Waals surface area contributed by atoms with Gasteiger partial charge in [-0.15, -0.1) is 11.8 Å². The molecular formula is C16H18N2O5S. The number of benzene rings is 1. The molecular weight excluding hydrogens is 332 g/mol. The lowest BCUT2D eigenvalue weighted by Crippen LogP contribution is -2.32. The molecule has 0 saturated heterocycles. The number of amides is 3. The molecule has 0 aliphatic carbocycles. The molecule has 0 fully saturated rings. The van der Waals surface area contributed by atoms with Crippen molar-refractivity contribution in [1.82, 2.24) is 10.2 Å². The second kappa shape index (κ2) is 8.49. The summed E-state index contributed by atoms with van der Waals surface area (Å²) in [6.45, 7) is 0.595. The summed E-state index contributed by atoms with van der Waals surface area (Å²) in [7, 11) is 0. The summed E-state index contributed by atoms with van der Waals surface area (Å²) in [5, 5.41) is 11.2. The molecule has 1 aromatic rings. The van der Waals surface area contributed by atoms with Crippen molar-refractivity contribution in [2.45, 2.75) is 12.8 Å². The predicted octanol–water partition coefficient (Wildman–Crippen LogP) is 0.997. The first-order chi connectivity index (χ1) is 11.5. The molecule has 1 aliphatic rings. The van der Waals surface area contributed by atoms with Gasteiger partial charge in [-0.05, 0) is 18.6 Å². The summed E-state index contributed by atoms with van der Waals surface area (Å²) in [4.78, 5) is 47.4. The fraction of sp³-hybridized carbons (Fsp3) is 0.375. The largest absolute Gasteiger partial charge is 0.481 e. The van der Waals surface area contributed by atoms with Crippen molar-refractivity contribution < 1.29 is 24.3 Å². The summed E-state index contributed by atoms with van der Waals surface area (Å²) in [5.74, 6) is -1.16. The molecule has 0 aromatic heterocycles. The van der Waals surface area contributed by atoms with Gasteiger partial charge in [0.05, 0.1) is 16.9 Å². The Hall–Kier alpha value is -2.35. The molecule has 0 unspecified atom stereocenters. The zero-order chi connectivity index (χ0) is 17.5. The number of rotatable bonds is 9. The number of hydrogen-bond acceptors (Lipinski definition) is 5. The first kappa shape index (κ1) is 18.0. The molecule has 7 nitrogen and oxygen atoms in total. The molecule has 1 heterocycles. The maximum atomic E-state index is 12.1. The number of nitrogens with zero attached hydrogens (tertiary/aromatic N) is 1. The minimum atomic E-state index is -0.882. The van der Waals surface area contributed by atoms with Crippen LogP contribution in [0.4, 0.5) is 0 Å². The van der Waals surface area contributed by atoms with Gasteiger partial charge in [0.1, 0.15) is 0 Å². The van der Waals surface area contributed by atoms with Gasteiger partial charge in [0.15, 0.2) is 0 Å². The van der Waals surface area contributed by atoms with Crippen molar-refractivity contribution >= 4 is 35.5 Å². The van der Waals surface area contributed by atoms with E-state index in [4.69, 9.17) is 5.11 Å². The van der Waals surface area contributed by atoms with Gasteiger partial charge < -0.3 is 10.4 Å². The number of fused-ring (bicyclic) bond motifs is 1. The highest BCUT2D eigenvalue weighted by Gasteiger charge is 2.34. The van der Waals surface area contributed by atoms with Gasteiger partial charge in [-0.2, -0.15) is 0 Å². The smallest absolute Gasteiger partial charge is 0.313 e. The maximum Gasteiger partial charge on any atom is 0.313 e. The van der Waals surface area contributed by atoms with Gasteiger partial charge in [-0.25, -0.2) is 0 Å². The summed E-state index contributed by atoms with van der Waals surface area (Å²) in [6.07, 6.45) is 0.594. The van der Waals surface area contributed by atoms with Crippen LogP contribution in [0.5, 0.6) is 0 Å². The zero-order valence-electron chi connectivity index (χ0n) is 13.0. The Labute approximate surface area is 143 Å². The summed E-state index contributed by atoms with van der Waals surface area (Å²) >= 11 is 1.23. The van der Waals surface area contributed by atoms with E-state index in [-0.39, 0.29) is 36.4 Å². The summed E-state index contributed by atoms with van der Waals surface area (Å²) in [5.41, 5.74) is 0.810. The third kappa shape index (κ3) is 4.58. The van der Waals surface area contributed by atoms with Gasteiger partial charge in [0.2, 0.25) is 5.91 Å². The van der Waals surface area contributed by atoms with E-state index in [0.717, 1.165) is 0 Å². The second-order valence-corrected chi connectivity index (χ2v) is 6.31. The Bertz CT molecular complexity index is 627. The van der Waals surface area contributed by atoms with Crippen LogP contribution < -0.4 is 5.32 Å². The standard InChI is InChI=1S/C16H18N2O5S/c19-13(17-7-9-24-10-14(20)21)6-3-8-18-15(22)11-4-1-2-5-12(11)16(18)23/h1-2,4-5H,3,6-10H2,(H,17,19)(H,20,21). The number of nitrogens with one attached hydrogen (secondary N) is 1. The van der Waals surface area contributed by atoms with Crippen molar-refractivity contribution in [3.63, 3.8) is 0 Å². The lowest BCUT2D eigenvalue weighted by molar-refractivity contribution is -0.133. The first-order valence-corrected chi connectivity index (χ1v) is 8.67.